The summed E-state index contributed by atoms with van der Waals surface area (Å²) in [5, 5.41) is 8.47. The molecule has 0 aromatic heterocycles. The molecule has 1 N–H and O–H groups in total. The van der Waals surface area contributed by atoms with Gasteiger partial charge < -0.3 is 10.0 Å². The van der Waals surface area contributed by atoms with E-state index < -0.39 is 5.97 Å². The first-order chi connectivity index (χ1) is 12.5. The molecule has 0 radical (unpaired) electrons. The van der Waals surface area contributed by atoms with Crippen LogP contribution in [0.4, 0.5) is 0 Å². The van der Waals surface area contributed by atoms with Gasteiger partial charge in [0.25, 0.3) is 0 Å². The summed E-state index contributed by atoms with van der Waals surface area (Å²) in [6.07, 6.45) is 19.4. The van der Waals surface area contributed by atoms with Crippen molar-refractivity contribution in [2.24, 2.45) is 0 Å². The summed E-state index contributed by atoms with van der Waals surface area (Å²) in [7, 11) is 3.92. The first-order valence-corrected chi connectivity index (χ1v) is 11.1. The van der Waals surface area contributed by atoms with E-state index in [0.29, 0.717) is 5.57 Å². The molecule has 3 nitrogen and oxygen atoms in total. The van der Waals surface area contributed by atoms with E-state index in [9.17, 15) is 4.79 Å². The fourth-order valence-corrected chi connectivity index (χ4v) is 2.75. The second-order valence-corrected chi connectivity index (χ2v) is 7.74. The molecule has 0 unspecified atom stereocenters. The lowest BCUT2D eigenvalue weighted by molar-refractivity contribution is -0.132. The SMILES string of the molecule is CC(=CCCN(C)C)C(=O)O.CCCCCCCCCCCCCCCl. The van der Waals surface area contributed by atoms with Gasteiger partial charge in [0.2, 0.25) is 0 Å². The Labute approximate surface area is 168 Å². The number of rotatable bonds is 16. The number of carbonyl (C=O) groups is 1. The van der Waals surface area contributed by atoms with E-state index in [0.717, 1.165) is 18.8 Å². The molecule has 26 heavy (non-hydrogen) atoms. The zero-order valence-electron chi connectivity index (χ0n) is 17.9. The summed E-state index contributed by atoms with van der Waals surface area (Å²) in [6.45, 7) is 4.78. The van der Waals surface area contributed by atoms with Crippen molar-refractivity contribution in [1.82, 2.24) is 4.90 Å². The maximum atomic E-state index is 10.3. The van der Waals surface area contributed by atoms with E-state index in [4.69, 9.17) is 16.7 Å². The van der Waals surface area contributed by atoms with Crippen molar-refractivity contribution in [2.75, 3.05) is 26.5 Å². The topological polar surface area (TPSA) is 40.5 Å². The molecule has 156 valence electrons. The maximum absolute atomic E-state index is 10.3. The molecule has 0 aliphatic rings. The summed E-state index contributed by atoms with van der Waals surface area (Å²) in [5.41, 5.74) is 0.423. The first-order valence-electron chi connectivity index (χ1n) is 10.6. The molecule has 0 aliphatic carbocycles. The van der Waals surface area contributed by atoms with Crippen LogP contribution >= 0.6 is 11.6 Å². The van der Waals surface area contributed by atoms with Crippen LogP contribution in [-0.2, 0) is 4.79 Å². The standard InChI is InChI=1S/C14H29Cl.C8H15NO2/c1-2-3-4-5-6-7-8-9-10-11-12-13-14-15;1-7(8(10)11)5-4-6-9(2)3/h2-14H2,1H3;5H,4,6H2,1-3H3,(H,10,11). The van der Waals surface area contributed by atoms with Crippen LogP contribution in [0.5, 0.6) is 0 Å². The van der Waals surface area contributed by atoms with Crippen LogP contribution in [0.3, 0.4) is 0 Å². The van der Waals surface area contributed by atoms with Crippen LogP contribution in [-0.4, -0.2) is 42.5 Å². The molecule has 0 atom stereocenters. The summed E-state index contributed by atoms with van der Waals surface area (Å²) < 4.78 is 0. The number of unbranched alkanes of at least 4 members (excludes halogenated alkanes) is 11. The van der Waals surface area contributed by atoms with Gasteiger partial charge in [-0.2, -0.15) is 0 Å². The predicted octanol–water partition coefficient (Wildman–Crippen LogP) is 6.90. The zero-order valence-corrected chi connectivity index (χ0v) is 18.6. The third-order valence-corrected chi connectivity index (χ3v) is 4.62. The van der Waals surface area contributed by atoms with Crippen LogP contribution in [0, 0.1) is 0 Å². The lowest BCUT2D eigenvalue weighted by Gasteiger charge is -2.05. The van der Waals surface area contributed by atoms with Gasteiger partial charge >= 0.3 is 5.97 Å². The number of carboxylic acid groups (broad SMARTS) is 1. The molecule has 0 saturated carbocycles. The highest BCUT2D eigenvalue weighted by Crippen LogP contribution is 2.11. The average molecular weight is 390 g/mol. The van der Waals surface area contributed by atoms with Crippen molar-refractivity contribution in [3.63, 3.8) is 0 Å². The minimum Gasteiger partial charge on any atom is -0.478 e. The van der Waals surface area contributed by atoms with E-state index in [-0.39, 0.29) is 0 Å². The number of hydrogen-bond donors (Lipinski definition) is 1. The normalized spacial score (nSPS) is 11.4. The molecule has 0 fully saturated rings. The lowest BCUT2D eigenvalue weighted by Crippen LogP contribution is -2.12. The Morgan fingerprint density at radius 3 is 1.65 bits per heavy atom. The molecular weight excluding hydrogens is 346 g/mol. The average Bonchev–Trinajstić information content (AvgIpc) is 2.60. The van der Waals surface area contributed by atoms with Crippen LogP contribution in [0.15, 0.2) is 11.6 Å². The molecule has 0 rings (SSSR count). The monoisotopic (exact) mass is 389 g/mol. The molecule has 0 bridgehead atoms. The quantitative estimate of drug-likeness (QED) is 0.177. The van der Waals surface area contributed by atoms with Gasteiger partial charge in [-0.05, 0) is 33.9 Å². The first kappa shape index (κ1) is 27.7. The number of carboxylic acids is 1. The summed E-state index contributed by atoms with van der Waals surface area (Å²) >= 11 is 5.62. The van der Waals surface area contributed by atoms with E-state index in [1.165, 1.54) is 77.0 Å². The van der Waals surface area contributed by atoms with Gasteiger partial charge in [-0.15, -0.1) is 11.6 Å². The van der Waals surface area contributed by atoms with E-state index in [1.807, 2.05) is 19.0 Å². The van der Waals surface area contributed by atoms with Crippen LogP contribution in [0.25, 0.3) is 0 Å². The maximum Gasteiger partial charge on any atom is 0.330 e. The number of aliphatic carboxylic acids is 1. The summed E-state index contributed by atoms with van der Waals surface area (Å²) in [4.78, 5) is 12.3. The Balaban J connectivity index is 0. The molecule has 0 heterocycles. The zero-order chi connectivity index (χ0) is 20.0. The number of nitrogens with zero attached hydrogens (tertiary/aromatic N) is 1. The molecule has 0 amide bonds. The van der Waals surface area contributed by atoms with E-state index >= 15 is 0 Å². The largest absolute Gasteiger partial charge is 0.478 e. The fraction of sp³-hybridized carbons (Fsp3) is 0.864. The van der Waals surface area contributed by atoms with Gasteiger partial charge in [-0.1, -0.05) is 83.6 Å². The Hall–Kier alpha value is -0.540. The van der Waals surface area contributed by atoms with E-state index in [1.54, 1.807) is 13.0 Å². The molecule has 4 heteroatoms. The van der Waals surface area contributed by atoms with E-state index in [2.05, 4.69) is 6.92 Å². The molecule has 0 spiro atoms. The Bertz CT molecular complexity index is 318. The number of halogens is 1. The van der Waals surface area contributed by atoms with Crippen molar-refractivity contribution >= 4 is 17.6 Å². The summed E-state index contributed by atoms with van der Waals surface area (Å²) in [5.74, 6) is 0.0148. The molecule has 0 aromatic carbocycles. The van der Waals surface area contributed by atoms with Crippen molar-refractivity contribution in [1.29, 1.82) is 0 Å². The third kappa shape index (κ3) is 25.7. The number of alkyl halides is 1. The Kier molecular flexibility index (Phi) is 24.0. The van der Waals surface area contributed by atoms with Gasteiger partial charge in [-0.3, -0.25) is 0 Å². The van der Waals surface area contributed by atoms with Crippen molar-refractivity contribution in [2.45, 2.75) is 97.3 Å². The minimum atomic E-state index is -0.830. The summed E-state index contributed by atoms with van der Waals surface area (Å²) in [6, 6.07) is 0. The molecule has 0 aliphatic heterocycles. The van der Waals surface area contributed by atoms with Crippen LogP contribution in [0.2, 0.25) is 0 Å². The van der Waals surface area contributed by atoms with Crippen molar-refractivity contribution in [3.05, 3.63) is 11.6 Å². The third-order valence-electron chi connectivity index (χ3n) is 4.35. The van der Waals surface area contributed by atoms with Crippen molar-refractivity contribution < 1.29 is 9.90 Å². The highest BCUT2D eigenvalue weighted by molar-refractivity contribution is 6.17. The smallest absolute Gasteiger partial charge is 0.330 e. The van der Waals surface area contributed by atoms with Gasteiger partial charge in [0, 0.05) is 18.0 Å². The second kappa shape index (κ2) is 22.5. The Morgan fingerprint density at radius 1 is 0.885 bits per heavy atom. The van der Waals surface area contributed by atoms with Crippen LogP contribution in [0.1, 0.15) is 97.3 Å². The van der Waals surface area contributed by atoms with Gasteiger partial charge in [0.1, 0.15) is 0 Å². The highest BCUT2D eigenvalue weighted by Gasteiger charge is 1.97. The number of hydrogen-bond acceptors (Lipinski definition) is 2. The van der Waals surface area contributed by atoms with Crippen molar-refractivity contribution in [3.8, 4) is 0 Å². The Morgan fingerprint density at radius 2 is 1.31 bits per heavy atom. The molecular formula is C22H44ClNO2. The molecule has 0 aromatic rings. The van der Waals surface area contributed by atoms with Gasteiger partial charge in [0.15, 0.2) is 0 Å². The van der Waals surface area contributed by atoms with Gasteiger partial charge in [0.05, 0.1) is 0 Å². The van der Waals surface area contributed by atoms with Gasteiger partial charge in [-0.25, -0.2) is 4.79 Å². The second-order valence-electron chi connectivity index (χ2n) is 7.36. The fourth-order valence-electron chi connectivity index (χ4n) is 2.56. The van der Waals surface area contributed by atoms with Crippen LogP contribution < -0.4 is 0 Å². The molecule has 0 saturated heterocycles. The highest BCUT2D eigenvalue weighted by atomic mass is 35.5. The predicted molar refractivity (Wildman–Crippen MR) is 116 cm³/mol. The minimum absolute atomic E-state index is 0.423. The lowest BCUT2D eigenvalue weighted by atomic mass is 10.1.